The number of hydrogen-bond acceptors (Lipinski definition) is 3. The predicted octanol–water partition coefficient (Wildman–Crippen LogP) is 2.60. The van der Waals surface area contributed by atoms with E-state index in [9.17, 15) is 0 Å². The van der Waals surface area contributed by atoms with Gasteiger partial charge < -0.3 is 15.4 Å². The second kappa shape index (κ2) is 11.7. The summed E-state index contributed by atoms with van der Waals surface area (Å²) in [5, 5.41) is 6.74. The molecule has 1 fully saturated rings. The maximum Gasteiger partial charge on any atom is 0.191 e. The van der Waals surface area contributed by atoms with Gasteiger partial charge in [-0.2, -0.15) is 0 Å². The van der Waals surface area contributed by atoms with Crippen LogP contribution in [0.4, 0.5) is 0 Å². The van der Waals surface area contributed by atoms with Crippen LogP contribution in [0.15, 0.2) is 29.3 Å². The van der Waals surface area contributed by atoms with E-state index in [0.717, 1.165) is 51.8 Å². The quantitative estimate of drug-likeness (QED) is 0.401. The molecule has 0 saturated carbocycles. The van der Waals surface area contributed by atoms with Crippen LogP contribution in [0.25, 0.3) is 0 Å². The second-order valence-electron chi connectivity index (χ2n) is 6.08. The van der Waals surface area contributed by atoms with Gasteiger partial charge in [0.2, 0.25) is 0 Å². The van der Waals surface area contributed by atoms with Gasteiger partial charge in [0.25, 0.3) is 0 Å². The van der Waals surface area contributed by atoms with Gasteiger partial charge in [-0.05, 0) is 24.5 Å². The molecule has 136 valence electrons. The number of hydrogen-bond donors (Lipinski definition) is 2. The lowest BCUT2D eigenvalue weighted by atomic mass is 10.1. The molecule has 0 aliphatic carbocycles. The molecule has 1 atom stereocenters. The van der Waals surface area contributed by atoms with Gasteiger partial charge in [-0.25, -0.2) is 0 Å². The van der Waals surface area contributed by atoms with E-state index < -0.39 is 0 Å². The Balaban J connectivity index is 0.00000288. The molecule has 5 nitrogen and oxygen atoms in total. The van der Waals surface area contributed by atoms with E-state index in [1.54, 1.807) is 0 Å². The van der Waals surface area contributed by atoms with Gasteiger partial charge in [-0.3, -0.25) is 9.89 Å². The molecule has 2 N–H and O–H groups in total. The first-order valence-corrected chi connectivity index (χ1v) is 8.56. The van der Waals surface area contributed by atoms with Gasteiger partial charge in [0, 0.05) is 39.3 Å². The molecule has 0 aromatic heterocycles. The summed E-state index contributed by atoms with van der Waals surface area (Å²) < 4.78 is 5.39. The first kappa shape index (κ1) is 21.2. The highest BCUT2D eigenvalue weighted by Gasteiger charge is 2.10. The number of aliphatic imine (C=N–C) groups is 1. The number of nitrogens with one attached hydrogen (secondary N) is 2. The second-order valence-corrected chi connectivity index (χ2v) is 6.08. The van der Waals surface area contributed by atoms with Gasteiger partial charge in [0.05, 0.1) is 13.2 Å². The SMILES string of the molecule is CCC(C)NC(=NC)NCc1ccc(CN2CCOCC2)cc1.I. The molecule has 1 saturated heterocycles. The molecule has 0 radical (unpaired) electrons. The van der Waals surface area contributed by atoms with Crippen LogP contribution < -0.4 is 10.6 Å². The molecule has 1 aliphatic heterocycles. The summed E-state index contributed by atoms with van der Waals surface area (Å²) in [5.41, 5.74) is 2.63. The average Bonchev–Trinajstić information content (AvgIpc) is 2.60. The lowest BCUT2D eigenvalue weighted by Gasteiger charge is -2.26. The first-order chi connectivity index (χ1) is 11.2. The standard InChI is InChI=1S/C18H30N4O.HI/c1-4-15(2)21-18(19-3)20-13-16-5-7-17(8-6-16)14-22-9-11-23-12-10-22;/h5-8,15H,4,9-14H2,1-3H3,(H2,19,20,21);1H. The zero-order valence-electron chi connectivity index (χ0n) is 15.0. The van der Waals surface area contributed by atoms with Gasteiger partial charge in [-0.1, -0.05) is 31.2 Å². The minimum atomic E-state index is 0. The third kappa shape index (κ3) is 7.36. The molecule has 24 heavy (non-hydrogen) atoms. The Bertz CT molecular complexity index is 486. The van der Waals surface area contributed by atoms with E-state index in [4.69, 9.17) is 4.74 Å². The molecule has 0 spiro atoms. The Kier molecular flexibility index (Phi) is 10.3. The highest BCUT2D eigenvalue weighted by molar-refractivity contribution is 14.0. The van der Waals surface area contributed by atoms with Crippen LogP contribution in [0, 0.1) is 0 Å². The minimum absolute atomic E-state index is 0. The molecular formula is C18H31IN4O. The summed E-state index contributed by atoms with van der Waals surface area (Å²) in [7, 11) is 1.81. The molecule has 0 bridgehead atoms. The van der Waals surface area contributed by atoms with E-state index in [-0.39, 0.29) is 24.0 Å². The van der Waals surface area contributed by atoms with E-state index in [1.165, 1.54) is 11.1 Å². The zero-order chi connectivity index (χ0) is 16.5. The van der Waals surface area contributed by atoms with Crippen LogP contribution in [-0.4, -0.2) is 50.3 Å². The normalized spacial score (nSPS) is 17.0. The van der Waals surface area contributed by atoms with Crippen molar-refractivity contribution in [1.82, 2.24) is 15.5 Å². The molecule has 1 aliphatic rings. The fourth-order valence-corrected chi connectivity index (χ4v) is 2.50. The summed E-state index contributed by atoms with van der Waals surface area (Å²) in [6.07, 6.45) is 1.08. The largest absolute Gasteiger partial charge is 0.379 e. The maximum atomic E-state index is 5.39. The fourth-order valence-electron chi connectivity index (χ4n) is 2.50. The average molecular weight is 446 g/mol. The molecule has 2 rings (SSSR count). The van der Waals surface area contributed by atoms with Gasteiger partial charge in [0.15, 0.2) is 5.96 Å². The Morgan fingerprint density at radius 2 is 1.83 bits per heavy atom. The van der Waals surface area contributed by atoms with E-state index in [2.05, 4.69) is 58.6 Å². The Hall–Kier alpha value is -0.860. The van der Waals surface area contributed by atoms with Gasteiger partial charge in [-0.15, -0.1) is 24.0 Å². The van der Waals surface area contributed by atoms with Crippen LogP contribution in [0.3, 0.4) is 0 Å². The van der Waals surface area contributed by atoms with E-state index in [0.29, 0.717) is 6.04 Å². The van der Waals surface area contributed by atoms with Crippen LogP contribution in [0.1, 0.15) is 31.4 Å². The van der Waals surface area contributed by atoms with Crippen LogP contribution in [0.2, 0.25) is 0 Å². The number of guanidine groups is 1. The van der Waals surface area contributed by atoms with Crippen LogP contribution >= 0.6 is 24.0 Å². The molecule has 1 aromatic carbocycles. The van der Waals surface area contributed by atoms with Crippen molar-refractivity contribution in [1.29, 1.82) is 0 Å². The summed E-state index contributed by atoms with van der Waals surface area (Å²) in [4.78, 5) is 6.70. The topological polar surface area (TPSA) is 48.9 Å². The number of benzene rings is 1. The summed E-state index contributed by atoms with van der Waals surface area (Å²) in [6, 6.07) is 9.25. The third-order valence-electron chi connectivity index (χ3n) is 4.21. The Morgan fingerprint density at radius 1 is 1.21 bits per heavy atom. The molecule has 1 aromatic rings. The number of nitrogens with zero attached hydrogens (tertiary/aromatic N) is 2. The predicted molar refractivity (Wildman–Crippen MR) is 111 cm³/mol. The Labute approximate surface area is 163 Å². The number of rotatable bonds is 6. The monoisotopic (exact) mass is 446 g/mol. The molecule has 0 amide bonds. The summed E-state index contributed by atoms with van der Waals surface area (Å²) >= 11 is 0. The van der Waals surface area contributed by atoms with E-state index in [1.807, 2.05) is 7.05 Å². The molecule has 6 heteroatoms. The first-order valence-electron chi connectivity index (χ1n) is 8.56. The van der Waals surface area contributed by atoms with Crippen molar-refractivity contribution >= 4 is 29.9 Å². The smallest absolute Gasteiger partial charge is 0.191 e. The molecule has 1 heterocycles. The van der Waals surface area contributed by atoms with Crippen LogP contribution in [-0.2, 0) is 17.8 Å². The van der Waals surface area contributed by atoms with Gasteiger partial charge in [0.1, 0.15) is 0 Å². The third-order valence-corrected chi connectivity index (χ3v) is 4.21. The van der Waals surface area contributed by atoms with Crippen molar-refractivity contribution in [3.63, 3.8) is 0 Å². The zero-order valence-corrected chi connectivity index (χ0v) is 17.4. The summed E-state index contributed by atoms with van der Waals surface area (Å²) in [5.74, 6) is 0.858. The minimum Gasteiger partial charge on any atom is -0.379 e. The van der Waals surface area contributed by atoms with E-state index >= 15 is 0 Å². The van der Waals surface area contributed by atoms with Crippen molar-refractivity contribution < 1.29 is 4.74 Å². The number of halogens is 1. The van der Waals surface area contributed by atoms with Crippen molar-refractivity contribution in [3.8, 4) is 0 Å². The molecule has 1 unspecified atom stereocenters. The molecular weight excluding hydrogens is 415 g/mol. The highest BCUT2D eigenvalue weighted by atomic mass is 127. The van der Waals surface area contributed by atoms with Crippen molar-refractivity contribution in [2.75, 3.05) is 33.4 Å². The van der Waals surface area contributed by atoms with Crippen molar-refractivity contribution in [2.45, 2.75) is 39.4 Å². The fraction of sp³-hybridized carbons (Fsp3) is 0.611. The number of ether oxygens (including phenoxy) is 1. The summed E-state index contributed by atoms with van der Waals surface area (Å²) in [6.45, 7) is 9.88. The maximum absolute atomic E-state index is 5.39. The number of morpholine rings is 1. The van der Waals surface area contributed by atoms with Gasteiger partial charge >= 0.3 is 0 Å². The van der Waals surface area contributed by atoms with Crippen molar-refractivity contribution in [2.24, 2.45) is 4.99 Å². The lowest BCUT2D eigenvalue weighted by Crippen LogP contribution is -2.41. The van der Waals surface area contributed by atoms with Crippen LogP contribution in [0.5, 0.6) is 0 Å². The lowest BCUT2D eigenvalue weighted by molar-refractivity contribution is 0.0342. The Morgan fingerprint density at radius 3 is 2.42 bits per heavy atom. The highest BCUT2D eigenvalue weighted by Crippen LogP contribution is 2.09. The van der Waals surface area contributed by atoms with Crippen molar-refractivity contribution in [3.05, 3.63) is 35.4 Å².